The Morgan fingerprint density at radius 3 is 2.16 bits per heavy atom. The van der Waals surface area contributed by atoms with Gasteiger partial charge in [-0.3, -0.25) is 9.58 Å². The van der Waals surface area contributed by atoms with Gasteiger partial charge in [-0.05, 0) is 19.8 Å². The number of nitrogens with zero attached hydrogens (tertiary/aromatic N) is 8. The SMILES string of the molecule is Cc1nc(N2CCCC2)cc(N2CCN(Cc3cn(C)nn3)CC2)n1. The summed E-state index contributed by atoms with van der Waals surface area (Å²) in [5.74, 6) is 3.01. The summed E-state index contributed by atoms with van der Waals surface area (Å²) in [5, 5.41) is 8.20. The first-order valence-corrected chi connectivity index (χ1v) is 9.10. The zero-order chi connectivity index (χ0) is 17.2. The maximum absolute atomic E-state index is 4.69. The van der Waals surface area contributed by atoms with Gasteiger partial charge in [-0.2, -0.15) is 0 Å². The topological polar surface area (TPSA) is 66.2 Å². The fourth-order valence-corrected chi connectivity index (χ4v) is 3.64. The molecule has 0 unspecified atom stereocenters. The van der Waals surface area contributed by atoms with Crippen LogP contribution in [0.2, 0.25) is 0 Å². The first-order chi connectivity index (χ1) is 12.2. The average Bonchev–Trinajstić information content (AvgIpc) is 3.27. The van der Waals surface area contributed by atoms with Crippen molar-refractivity contribution < 1.29 is 0 Å². The summed E-state index contributed by atoms with van der Waals surface area (Å²) in [5.41, 5.74) is 1.03. The van der Waals surface area contributed by atoms with E-state index in [1.807, 2.05) is 20.2 Å². The summed E-state index contributed by atoms with van der Waals surface area (Å²) in [4.78, 5) is 16.5. The molecule has 2 aliphatic heterocycles. The van der Waals surface area contributed by atoms with Crippen molar-refractivity contribution in [3.63, 3.8) is 0 Å². The molecule has 0 amide bonds. The van der Waals surface area contributed by atoms with E-state index in [1.165, 1.54) is 12.8 Å². The summed E-state index contributed by atoms with van der Waals surface area (Å²) in [7, 11) is 1.91. The summed E-state index contributed by atoms with van der Waals surface area (Å²) >= 11 is 0. The normalized spacial score (nSPS) is 19.0. The summed E-state index contributed by atoms with van der Waals surface area (Å²) in [6.07, 6.45) is 4.52. The zero-order valence-electron chi connectivity index (χ0n) is 15.1. The van der Waals surface area contributed by atoms with Gasteiger partial charge in [-0.1, -0.05) is 5.21 Å². The molecule has 2 aromatic heterocycles. The third-order valence-electron chi connectivity index (χ3n) is 4.97. The summed E-state index contributed by atoms with van der Waals surface area (Å²) in [6, 6.07) is 2.16. The van der Waals surface area contributed by atoms with Crippen LogP contribution in [-0.2, 0) is 13.6 Å². The summed E-state index contributed by atoms with van der Waals surface area (Å²) < 4.78 is 1.76. The smallest absolute Gasteiger partial charge is 0.134 e. The predicted octanol–water partition coefficient (Wildman–Crippen LogP) is 0.836. The van der Waals surface area contributed by atoms with Crippen molar-refractivity contribution in [2.75, 3.05) is 49.1 Å². The van der Waals surface area contributed by atoms with Crippen LogP contribution in [0.4, 0.5) is 11.6 Å². The molecule has 0 spiro atoms. The Bertz CT molecular complexity index is 713. The lowest BCUT2D eigenvalue weighted by Crippen LogP contribution is -2.46. The van der Waals surface area contributed by atoms with Gasteiger partial charge < -0.3 is 9.80 Å². The monoisotopic (exact) mass is 342 g/mol. The van der Waals surface area contributed by atoms with Gasteiger partial charge in [0.2, 0.25) is 0 Å². The highest BCUT2D eigenvalue weighted by Crippen LogP contribution is 2.23. The first-order valence-electron chi connectivity index (χ1n) is 9.10. The van der Waals surface area contributed by atoms with E-state index in [4.69, 9.17) is 0 Å². The molecule has 0 N–H and O–H groups in total. The number of piperazine rings is 1. The highest BCUT2D eigenvalue weighted by atomic mass is 15.4. The molecule has 4 heterocycles. The molecule has 2 aromatic rings. The van der Waals surface area contributed by atoms with E-state index in [0.717, 1.165) is 69.0 Å². The van der Waals surface area contributed by atoms with E-state index in [0.29, 0.717) is 0 Å². The molecule has 0 aromatic carbocycles. The minimum absolute atomic E-state index is 0.862. The molecule has 8 heteroatoms. The lowest BCUT2D eigenvalue weighted by molar-refractivity contribution is 0.246. The van der Waals surface area contributed by atoms with Crippen molar-refractivity contribution >= 4 is 11.6 Å². The predicted molar refractivity (Wildman–Crippen MR) is 96.7 cm³/mol. The van der Waals surface area contributed by atoms with Crippen LogP contribution in [-0.4, -0.2) is 69.1 Å². The van der Waals surface area contributed by atoms with Crippen molar-refractivity contribution in [1.29, 1.82) is 0 Å². The minimum atomic E-state index is 0.862. The number of rotatable bonds is 4. The van der Waals surface area contributed by atoms with E-state index < -0.39 is 0 Å². The molecule has 0 saturated carbocycles. The molecule has 4 rings (SSSR count). The maximum atomic E-state index is 4.69. The van der Waals surface area contributed by atoms with E-state index in [9.17, 15) is 0 Å². The van der Waals surface area contributed by atoms with Gasteiger partial charge in [0.05, 0.1) is 5.69 Å². The Labute approximate surface area is 148 Å². The lowest BCUT2D eigenvalue weighted by Gasteiger charge is -2.35. The number of hydrogen-bond acceptors (Lipinski definition) is 7. The fourth-order valence-electron chi connectivity index (χ4n) is 3.64. The highest BCUT2D eigenvalue weighted by Gasteiger charge is 2.21. The van der Waals surface area contributed by atoms with Crippen LogP contribution in [0.3, 0.4) is 0 Å². The molecule has 8 nitrogen and oxygen atoms in total. The van der Waals surface area contributed by atoms with Gasteiger partial charge in [0.1, 0.15) is 17.5 Å². The fraction of sp³-hybridized carbons (Fsp3) is 0.647. The molecule has 25 heavy (non-hydrogen) atoms. The number of anilines is 2. The summed E-state index contributed by atoms with van der Waals surface area (Å²) in [6.45, 7) is 9.07. The third kappa shape index (κ3) is 3.73. The molecule has 134 valence electrons. The van der Waals surface area contributed by atoms with Crippen molar-refractivity contribution in [2.45, 2.75) is 26.3 Å². The van der Waals surface area contributed by atoms with Gasteiger partial charge in [0.15, 0.2) is 0 Å². The van der Waals surface area contributed by atoms with Crippen LogP contribution in [0.25, 0.3) is 0 Å². The maximum Gasteiger partial charge on any atom is 0.134 e. The van der Waals surface area contributed by atoms with Gasteiger partial charge >= 0.3 is 0 Å². The zero-order valence-corrected chi connectivity index (χ0v) is 15.1. The largest absolute Gasteiger partial charge is 0.356 e. The van der Waals surface area contributed by atoms with E-state index >= 15 is 0 Å². The van der Waals surface area contributed by atoms with Crippen LogP contribution in [0.15, 0.2) is 12.3 Å². The molecule has 0 atom stereocenters. The second-order valence-electron chi connectivity index (χ2n) is 6.97. The van der Waals surface area contributed by atoms with E-state index in [-0.39, 0.29) is 0 Å². The Morgan fingerprint density at radius 2 is 1.56 bits per heavy atom. The van der Waals surface area contributed by atoms with Crippen LogP contribution < -0.4 is 9.80 Å². The van der Waals surface area contributed by atoms with Crippen LogP contribution in [0, 0.1) is 6.92 Å². The molecule has 2 saturated heterocycles. The molecular weight excluding hydrogens is 316 g/mol. The van der Waals surface area contributed by atoms with Crippen LogP contribution >= 0.6 is 0 Å². The number of aromatic nitrogens is 5. The van der Waals surface area contributed by atoms with Gasteiger partial charge in [0.25, 0.3) is 0 Å². The Kier molecular flexibility index (Phi) is 4.52. The highest BCUT2D eigenvalue weighted by molar-refractivity contribution is 5.51. The second-order valence-corrected chi connectivity index (χ2v) is 6.97. The standard InChI is InChI=1S/C17H26N8/c1-14-18-16(24-5-3-4-6-24)11-17(19-14)25-9-7-23(8-10-25)13-15-12-22(2)21-20-15/h11-12H,3-10,13H2,1-2H3. The van der Waals surface area contributed by atoms with Gasteiger partial charge in [0, 0.05) is 65.1 Å². The van der Waals surface area contributed by atoms with Gasteiger partial charge in [-0.25, -0.2) is 9.97 Å². The molecular formula is C17H26N8. The average molecular weight is 342 g/mol. The Hall–Kier alpha value is -2.22. The molecule has 0 aliphatic carbocycles. The number of hydrogen-bond donors (Lipinski definition) is 0. The van der Waals surface area contributed by atoms with E-state index in [2.05, 4.69) is 41.0 Å². The second kappa shape index (κ2) is 6.95. The lowest BCUT2D eigenvalue weighted by atomic mass is 10.3. The molecule has 2 fully saturated rings. The van der Waals surface area contributed by atoms with Crippen LogP contribution in [0.5, 0.6) is 0 Å². The molecule has 0 bridgehead atoms. The van der Waals surface area contributed by atoms with E-state index in [1.54, 1.807) is 4.68 Å². The van der Waals surface area contributed by atoms with Crippen molar-refractivity contribution in [3.8, 4) is 0 Å². The van der Waals surface area contributed by atoms with Crippen molar-refractivity contribution in [1.82, 2.24) is 29.9 Å². The van der Waals surface area contributed by atoms with Crippen molar-refractivity contribution in [3.05, 3.63) is 23.8 Å². The third-order valence-corrected chi connectivity index (χ3v) is 4.97. The van der Waals surface area contributed by atoms with Gasteiger partial charge in [-0.15, -0.1) is 5.10 Å². The molecule has 0 radical (unpaired) electrons. The Morgan fingerprint density at radius 1 is 0.920 bits per heavy atom. The molecule has 2 aliphatic rings. The quantitative estimate of drug-likeness (QED) is 0.815. The first kappa shape index (κ1) is 16.3. The van der Waals surface area contributed by atoms with Crippen molar-refractivity contribution in [2.24, 2.45) is 7.05 Å². The van der Waals surface area contributed by atoms with Crippen LogP contribution in [0.1, 0.15) is 24.4 Å². The Balaban J connectivity index is 1.40. The minimum Gasteiger partial charge on any atom is -0.356 e. The number of aryl methyl sites for hydroxylation is 2.